The van der Waals surface area contributed by atoms with Gasteiger partial charge < -0.3 is 23.5 Å². The Balaban J connectivity index is 1.79. The summed E-state index contributed by atoms with van der Waals surface area (Å²) in [5.74, 6) is -0.956. The molecule has 0 atom stereocenters. The molecule has 0 aliphatic carbocycles. The van der Waals surface area contributed by atoms with Crippen molar-refractivity contribution in [2.45, 2.75) is 0 Å². The Labute approximate surface area is 195 Å². The highest BCUT2D eigenvalue weighted by Gasteiger charge is 2.32. The normalized spacial score (nSPS) is 14.1. The Kier molecular flexibility index (Phi) is 6.17. The Morgan fingerprint density at radius 2 is 1.90 bits per heavy atom. The van der Waals surface area contributed by atoms with Gasteiger partial charge in [-0.3, -0.25) is 0 Å². The van der Waals surface area contributed by atoms with Crippen molar-refractivity contribution in [1.82, 2.24) is 4.98 Å². The number of carbonyl (C=O) groups is 2. The van der Waals surface area contributed by atoms with Crippen LogP contribution in [0, 0.1) is 3.57 Å². The van der Waals surface area contributed by atoms with Gasteiger partial charge in [-0.1, -0.05) is 11.6 Å². The molecule has 0 spiro atoms. The van der Waals surface area contributed by atoms with Crippen molar-refractivity contribution in [3.8, 4) is 11.5 Å². The number of anilines is 1. The molecule has 4 rings (SSSR count). The molecular weight excluding hydrogens is 539 g/mol. The first-order valence-electron chi connectivity index (χ1n) is 9.04. The topological polar surface area (TPSA) is 91.1 Å². The Morgan fingerprint density at radius 3 is 2.65 bits per heavy atom. The van der Waals surface area contributed by atoms with Crippen LogP contribution >= 0.6 is 34.2 Å². The summed E-state index contributed by atoms with van der Waals surface area (Å²) in [5, 5.41) is 0.523. The van der Waals surface area contributed by atoms with E-state index in [1.165, 1.54) is 19.1 Å². The number of aromatic nitrogens is 1. The summed E-state index contributed by atoms with van der Waals surface area (Å²) in [6.07, 6.45) is 0. The average molecular weight is 555 g/mol. The number of esters is 2. The van der Waals surface area contributed by atoms with Crippen molar-refractivity contribution in [3.63, 3.8) is 0 Å². The summed E-state index contributed by atoms with van der Waals surface area (Å²) in [6.45, 7) is -0.0149. The number of benzene rings is 2. The van der Waals surface area contributed by atoms with Gasteiger partial charge in [-0.25, -0.2) is 14.6 Å². The first kappa shape index (κ1) is 21.6. The van der Waals surface area contributed by atoms with E-state index < -0.39 is 11.9 Å². The predicted octanol–water partition coefficient (Wildman–Crippen LogP) is 4.15. The molecule has 1 aliphatic rings. The number of fused-ring (bicyclic) bond motifs is 1. The summed E-state index contributed by atoms with van der Waals surface area (Å²) < 4.78 is 22.1. The highest BCUT2D eigenvalue weighted by molar-refractivity contribution is 14.1. The number of oxazole rings is 1. The maximum Gasteiger partial charge on any atom is 0.355 e. The fourth-order valence-electron chi connectivity index (χ4n) is 3.21. The van der Waals surface area contributed by atoms with E-state index in [0.29, 0.717) is 33.3 Å². The van der Waals surface area contributed by atoms with E-state index in [2.05, 4.69) is 27.6 Å². The van der Waals surface area contributed by atoms with Crippen LogP contribution in [-0.4, -0.2) is 44.5 Å². The number of methoxy groups -OCH3 is 2. The molecule has 0 unspecified atom stereocenters. The molecular formula is C21H16ClIN2O6. The molecule has 0 N–H and O–H groups in total. The van der Waals surface area contributed by atoms with Crippen LogP contribution in [-0.2, 0) is 23.8 Å². The van der Waals surface area contributed by atoms with Gasteiger partial charge in [-0.2, -0.15) is 0 Å². The van der Waals surface area contributed by atoms with Crippen LogP contribution < -0.4 is 4.90 Å². The Morgan fingerprint density at radius 1 is 1.13 bits per heavy atom. The van der Waals surface area contributed by atoms with E-state index in [9.17, 15) is 9.59 Å². The molecule has 0 saturated heterocycles. The molecule has 0 radical (unpaired) electrons. The lowest BCUT2D eigenvalue weighted by Gasteiger charge is -2.31. The molecule has 1 aliphatic heterocycles. The SMILES string of the molecule is COC(=O)C1=C(C(=O)OC)N(c2ccc3oc(-c4cc(I)ccc4Cl)nc3c2)COC1. The zero-order chi connectivity index (χ0) is 22.1. The Hall–Kier alpha value is -2.63. The third kappa shape index (κ3) is 4.12. The second-order valence-electron chi connectivity index (χ2n) is 6.51. The molecule has 0 fully saturated rings. The maximum absolute atomic E-state index is 12.5. The molecule has 2 aromatic carbocycles. The van der Waals surface area contributed by atoms with E-state index >= 15 is 0 Å². The number of carbonyl (C=O) groups excluding carboxylic acids is 2. The number of hydrogen-bond donors (Lipinski definition) is 0. The molecule has 0 bridgehead atoms. The average Bonchev–Trinajstić information content (AvgIpc) is 3.22. The second kappa shape index (κ2) is 8.85. The van der Waals surface area contributed by atoms with Gasteiger partial charge in [0, 0.05) is 9.26 Å². The van der Waals surface area contributed by atoms with Gasteiger partial charge in [0.1, 0.15) is 17.9 Å². The minimum atomic E-state index is -0.671. The fraction of sp³-hybridized carbons (Fsp3) is 0.190. The third-order valence-electron chi connectivity index (χ3n) is 4.67. The minimum Gasteiger partial charge on any atom is -0.466 e. The molecule has 2 heterocycles. The Bertz CT molecular complexity index is 1220. The molecule has 0 amide bonds. The number of halogens is 2. The zero-order valence-electron chi connectivity index (χ0n) is 16.5. The molecule has 0 saturated carbocycles. The molecule has 1 aromatic heterocycles. The van der Waals surface area contributed by atoms with E-state index in [4.69, 9.17) is 30.2 Å². The van der Waals surface area contributed by atoms with Crippen molar-refractivity contribution >= 4 is 62.9 Å². The number of rotatable bonds is 4. The van der Waals surface area contributed by atoms with Crippen molar-refractivity contribution in [2.24, 2.45) is 0 Å². The largest absolute Gasteiger partial charge is 0.466 e. The molecule has 3 aromatic rings. The van der Waals surface area contributed by atoms with Crippen LogP contribution in [0.15, 0.2) is 52.1 Å². The minimum absolute atomic E-state index is 0.0455. The van der Waals surface area contributed by atoms with Gasteiger partial charge in [0.25, 0.3) is 0 Å². The quantitative estimate of drug-likeness (QED) is 0.351. The lowest BCUT2D eigenvalue weighted by Crippen LogP contribution is -2.38. The number of hydrogen-bond acceptors (Lipinski definition) is 8. The predicted molar refractivity (Wildman–Crippen MR) is 122 cm³/mol. The number of nitrogens with zero attached hydrogens (tertiary/aromatic N) is 2. The summed E-state index contributed by atoms with van der Waals surface area (Å²) in [5.41, 5.74) is 2.48. The summed E-state index contributed by atoms with van der Waals surface area (Å²) >= 11 is 8.50. The monoisotopic (exact) mass is 554 g/mol. The van der Waals surface area contributed by atoms with Gasteiger partial charge in [0.2, 0.25) is 5.89 Å². The second-order valence-corrected chi connectivity index (χ2v) is 8.16. The molecule has 8 nitrogen and oxygen atoms in total. The highest BCUT2D eigenvalue weighted by Crippen LogP contribution is 2.34. The fourth-order valence-corrected chi connectivity index (χ4v) is 3.90. The molecule has 160 valence electrons. The van der Waals surface area contributed by atoms with Crippen LogP contribution in [0.3, 0.4) is 0 Å². The lowest BCUT2D eigenvalue weighted by molar-refractivity contribution is -0.140. The van der Waals surface area contributed by atoms with Gasteiger partial charge in [-0.15, -0.1) is 0 Å². The van der Waals surface area contributed by atoms with E-state index in [-0.39, 0.29) is 24.6 Å². The van der Waals surface area contributed by atoms with Crippen molar-refractivity contribution in [1.29, 1.82) is 0 Å². The van der Waals surface area contributed by atoms with Crippen LogP contribution in [0.25, 0.3) is 22.6 Å². The van der Waals surface area contributed by atoms with Crippen LogP contribution in [0.1, 0.15) is 0 Å². The summed E-state index contributed by atoms with van der Waals surface area (Å²) in [6, 6.07) is 10.8. The lowest BCUT2D eigenvalue weighted by atomic mass is 10.1. The zero-order valence-corrected chi connectivity index (χ0v) is 19.4. The highest BCUT2D eigenvalue weighted by atomic mass is 127. The van der Waals surface area contributed by atoms with Gasteiger partial charge >= 0.3 is 11.9 Å². The summed E-state index contributed by atoms with van der Waals surface area (Å²) in [7, 11) is 2.48. The van der Waals surface area contributed by atoms with Gasteiger partial charge in [0.05, 0.1) is 37.0 Å². The standard InChI is InChI=1S/C21H16ClIN2O6/c1-28-20(26)14-9-30-10-25(18(14)21(27)29-2)12-4-6-17-16(8-12)24-19(31-17)13-7-11(23)3-5-15(13)22/h3-8H,9-10H2,1-2H3. The maximum atomic E-state index is 12.5. The first-order valence-corrected chi connectivity index (χ1v) is 10.5. The first-order chi connectivity index (χ1) is 14.9. The van der Waals surface area contributed by atoms with Crippen molar-refractivity contribution in [2.75, 3.05) is 32.5 Å². The van der Waals surface area contributed by atoms with Crippen LogP contribution in [0.2, 0.25) is 5.02 Å². The molecule has 10 heteroatoms. The van der Waals surface area contributed by atoms with Crippen molar-refractivity contribution < 1.29 is 28.2 Å². The van der Waals surface area contributed by atoms with E-state index in [0.717, 1.165) is 3.57 Å². The number of ether oxygens (including phenoxy) is 3. The third-order valence-corrected chi connectivity index (χ3v) is 5.68. The van der Waals surface area contributed by atoms with Gasteiger partial charge in [0.15, 0.2) is 5.58 Å². The van der Waals surface area contributed by atoms with E-state index in [1.807, 2.05) is 12.1 Å². The summed E-state index contributed by atoms with van der Waals surface area (Å²) in [4.78, 5) is 30.7. The van der Waals surface area contributed by atoms with Crippen molar-refractivity contribution in [3.05, 3.63) is 56.3 Å². The van der Waals surface area contributed by atoms with Crippen LogP contribution in [0.4, 0.5) is 5.69 Å². The smallest absolute Gasteiger partial charge is 0.355 e. The molecule has 31 heavy (non-hydrogen) atoms. The van der Waals surface area contributed by atoms with Crippen LogP contribution in [0.5, 0.6) is 0 Å². The van der Waals surface area contributed by atoms with E-state index in [1.54, 1.807) is 24.3 Å². The van der Waals surface area contributed by atoms with Gasteiger partial charge in [-0.05, 0) is 59.0 Å².